The van der Waals surface area contributed by atoms with Crippen molar-refractivity contribution < 1.29 is 8.78 Å². The SMILES string of the molecule is C=C(CC)C1(C)CCC(C)(C(C)(F)F)CC1. The number of hydrogen-bond acceptors (Lipinski definition) is 0. The number of allylic oxidation sites excluding steroid dienone is 1. The van der Waals surface area contributed by atoms with E-state index in [1.165, 1.54) is 5.57 Å². The van der Waals surface area contributed by atoms with E-state index in [-0.39, 0.29) is 5.41 Å². The number of hydrogen-bond donors (Lipinski definition) is 0. The molecule has 0 atom stereocenters. The fourth-order valence-electron chi connectivity index (χ4n) is 2.57. The maximum Gasteiger partial charge on any atom is 0.250 e. The average Bonchev–Trinajstić information content (AvgIpc) is 2.20. The lowest BCUT2D eigenvalue weighted by Gasteiger charge is -2.46. The molecule has 1 rings (SSSR count). The third-order valence-corrected chi connectivity index (χ3v) is 4.80. The first-order chi connectivity index (χ1) is 7.15. The zero-order valence-corrected chi connectivity index (χ0v) is 11.0. The maximum atomic E-state index is 13.5. The first kappa shape index (κ1) is 13.7. The minimum atomic E-state index is -2.57. The average molecular weight is 230 g/mol. The van der Waals surface area contributed by atoms with Crippen molar-refractivity contribution in [1.29, 1.82) is 0 Å². The summed E-state index contributed by atoms with van der Waals surface area (Å²) in [5.41, 5.74) is 0.481. The van der Waals surface area contributed by atoms with Crippen molar-refractivity contribution in [3.8, 4) is 0 Å². The van der Waals surface area contributed by atoms with Gasteiger partial charge in [0, 0.05) is 5.41 Å². The molecule has 0 unspecified atom stereocenters. The minimum absolute atomic E-state index is 0.0828. The van der Waals surface area contributed by atoms with Crippen molar-refractivity contribution in [3.63, 3.8) is 0 Å². The van der Waals surface area contributed by atoms with Crippen molar-refractivity contribution in [2.24, 2.45) is 10.8 Å². The van der Waals surface area contributed by atoms with E-state index in [1.807, 2.05) is 0 Å². The Morgan fingerprint density at radius 3 is 1.94 bits per heavy atom. The highest BCUT2D eigenvalue weighted by atomic mass is 19.3. The summed E-state index contributed by atoms with van der Waals surface area (Å²) in [5.74, 6) is -2.57. The lowest BCUT2D eigenvalue weighted by atomic mass is 9.60. The van der Waals surface area contributed by atoms with Crippen LogP contribution < -0.4 is 0 Å². The van der Waals surface area contributed by atoms with Gasteiger partial charge in [-0.05, 0) is 44.4 Å². The summed E-state index contributed by atoms with van der Waals surface area (Å²) in [4.78, 5) is 0. The molecule has 1 saturated carbocycles. The summed E-state index contributed by atoms with van der Waals surface area (Å²) >= 11 is 0. The Kier molecular flexibility index (Phi) is 3.52. The molecule has 1 aliphatic carbocycles. The van der Waals surface area contributed by atoms with Gasteiger partial charge in [0.05, 0.1) is 0 Å². The molecule has 0 aromatic heterocycles. The monoisotopic (exact) mass is 230 g/mol. The lowest BCUT2D eigenvalue weighted by Crippen LogP contribution is -2.42. The van der Waals surface area contributed by atoms with E-state index in [4.69, 9.17) is 0 Å². The van der Waals surface area contributed by atoms with Crippen LogP contribution in [0.2, 0.25) is 0 Å². The van der Waals surface area contributed by atoms with E-state index in [0.717, 1.165) is 26.2 Å². The van der Waals surface area contributed by atoms with Crippen LogP contribution in [-0.4, -0.2) is 5.92 Å². The van der Waals surface area contributed by atoms with Gasteiger partial charge in [-0.15, -0.1) is 0 Å². The van der Waals surface area contributed by atoms with Crippen LogP contribution in [0, 0.1) is 10.8 Å². The molecule has 0 heterocycles. The number of alkyl halides is 2. The Labute approximate surface area is 98.1 Å². The molecule has 2 heteroatoms. The van der Waals surface area contributed by atoms with Gasteiger partial charge in [-0.1, -0.05) is 32.9 Å². The molecule has 1 aliphatic rings. The van der Waals surface area contributed by atoms with Crippen LogP contribution in [0.4, 0.5) is 8.78 Å². The second kappa shape index (κ2) is 4.12. The normalized spacial score (nSPS) is 36.1. The standard InChI is InChI=1S/C14H24F2/c1-6-11(2)12(3)7-9-13(4,10-8-12)14(5,15)16/h2,6-10H2,1,3-5H3. The highest BCUT2D eigenvalue weighted by Crippen LogP contribution is 2.54. The first-order valence-corrected chi connectivity index (χ1v) is 6.21. The molecule has 1 fully saturated rings. The van der Waals surface area contributed by atoms with Crippen LogP contribution in [0.5, 0.6) is 0 Å². The van der Waals surface area contributed by atoms with Crippen LogP contribution in [0.15, 0.2) is 12.2 Å². The van der Waals surface area contributed by atoms with E-state index in [2.05, 4.69) is 20.4 Å². The van der Waals surface area contributed by atoms with Gasteiger partial charge in [0.15, 0.2) is 0 Å². The van der Waals surface area contributed by atoms with Crippen LogP contribution in [0.1, 0.15) is 59.8 Å². The third kappa shape index (κ3) is 2.31. The van der Waals surface area contributed by atoms with Gasteiger partial charge >= 0.3 is 0 Å². The Bertz CT molecular complexity index is 265. The summed E-state index contributed by atoms with van der Waals surface area (Å²) in [7, 11) is 0. The predicted molar refractivity (Wildman–Crippen MR) is 64.7 cm³/mol. The molecule has 0 N–H and O–H groups in total. The zero-order chi connectivity index (χ0) is 12.6. The maximum absolute atomic E-state index is 13.5. The van der Waals surface area contributed by atoms with Crippen LogP contribution in [0.3, 0.4) is 0 Å². The van der Waals surface area contributed by atoms with Gasteiger partial charge in [-0.25, -0.2) is 8.78 Å². The molecule has 0 saturated heterocycles. The Morgan fingerprint density at radius 1 is 1.19 bits per heavy atom. The smallest absolute Gasteiger partial charge is 0.207 e. The highest BCUT2D eigenvalue weighted by Gasteiger charge is 2.50. The molecule has 0 radical (unpaired) electrons. The Balaban J connectivity index is 2.74. The second-order valence-electron chi connectivity index (χ2n) is 5.97. The molecule has 0 amide bonds. The quantitative estimate of drug-likeness (QED) is 0.585. The van der Waals surface area contributed by atoms with E-state index >= 15 is 0 Å². The number of rotatable bonds is 3. The summed E-state index contributed by atoms with van der Waals surface area (Å²) in [5, 5.41) is 0. The molecule has 0 aromatic rings. The van der Waals surface area contributed by atoms with Gasteiger partial charge in [-0.2, -0.15) is 0 Å². The molecule has 94 valence electrons. The second-order valence-corrected chi connectivity index (χ2v) is 5.97. The molecule has 0 aromatic carbocycles. The summed E-state index contributed by atoms with van der Waals surface area (Å²) in [6, 6.07) is 0. The molecular weight excluding hydrogens is 206 g/mol. The fraction of sp³-hybridized carbons (Fsp3) is 0.857. The molecular formula is C14H24F2. The van der Waals surface area contributed by atoms with Crippen LogP contribution >= 0.6 is 0 Å². The van der Waals surface area contributed by atoms with Crippen molar-refractivity contribution >= 4 is 0 Å². The molecule has 0 nitrogen and oxygen atoms in total. The van der Waals surface area contributed by atoms with Crippen molar-refractivity contribution in [2.45, 2.75) is 65.7 Å². The fourth-order valence-corrected chi connectivity index (χ4v) is 2.57. The van der Waals surface area contributed by atoms with E-state index in [9.17, 15) is 8.78 Å². The summed E-state index contributed by atoms with van der Waals surface area (Å²) in [6.07, 6.45) is 3.85. The first-order valence-electron chi connectivity index (χ1n) is 6.21. The molecule has 16 heavy (non-hydrogen) atoms. The van der Waals surface area contributed by atoms with Crippen LogP contribution in [0.25, 0.3) is 0 Å². The van der Waals surface area contributed by atoms with E-state index in [1.54, 1.807) is 6.92 Å². The van der Waals surface area contributed by atoms with Crippen LogP contribution in [-0.2, 0) is 0 Å². The highest BCUT2D eigenvalue weighted by molar-refractivity contribution is 5.11. The van der Waals surface area contributed by atoms with Crippen molar-refractivity contribution in [3.05, 3.63) is 12.2 Å². The van der Waals surface area contributed by atoms with E-state index in [0.29, 0.717) is 12.8 Å². The van der Waals surface area contributed by atoms with E-state index < -0.39 is 11.3 Å². The van der Waals surface area contributed by atoms with Gasteiger partial charge in [-0.3, -0.25) is 0 Å². The number of halogens is 2. The summed E-state index contributed by atoms with van der Waals surface area (Å²) in [6.45, 7) is 11.1. The topological polar surface area (TPSA) is 0 Å². The van der Waals surface area contributed by atoms with Crippen molar-refractivity contribution in [2.75, 3.05) is 0 Å². The predicted octanol–water partition coefficient (Wildman–Crippen LogP) is 5.19. The lowest BCUT2D eigenvalue weighted by molar-refractivity contribution is -0.124. The molecule has 0 bridgehead atoms. The zero-order valence-electron chi connectivity index (χ0n) is 11.0. The van der Waals surface area contributed by atoms with Gasteiger partial charge in [0.2, 0.25) is 0 Å². The minimum Gasteiger partial charge on any atom is -0.207 e. The largest absolute Gasteiger partial charge is 0.250 e. The third-order valence-electron chi connectivity index (χ3n) is 4.80. The Hall–Kier alpha value is -0.400. The van der Waals surface area contributed by atoms with Gasteiger partial charge in [0.25, 0.3) is 5.92 Å². The molecule has 0 aliphatic heterocycles. The summed E-state index contributed by atoms with van der Waals surface area (Å²) < 4.78 is 27.0. The van der Waals surface area contributed by atoms with Crippen molar-refractivity contribution in [1.82, 2.24) is 0 Å². The van der Waals surface area contributed by atoms with Gasteiger partial charge in [0.1, 0.15) is 0 Å². The van der Waals surface area contributed by atoms with Gasteiger partial charge < -0.3 is 0 Å². The Morgan fingerprint density at radius 2 is 1.62 bits per heavy atom. The molecule has 0 spiro atoms.